The lowest BCUT2D eigenvalue weighted by Crippen LogP contribution is -2.50. The van der Waals surface area contributed by atoms with Crippen LogP contribution < -0.4 is 5.32 Å². The number of para-hydroxylation sites is 1. The van der Waals surface area contributed by atoms with E-state index >= 15 is 0 Å². The zero-order chi connectivity index (χ0) is 21.7. The second-order valence-electron chi connectivity index (χ2n) is 7.45. The zero-order valence-electron chi connectivity index (χ0n) is 17.1. The molecule has 158 valence electrons. The molecule has 1 N–H and O–H groups in total. The first-order chi connectivity index (χ1) is 14.3. The molecular formula is C23H25Cl2N3O2. The van der Waals surface area contributed by atoms with Gasteiger partial charge in [0.2, 0.25) is 11.8 Å². The number of hydrogen-bond acceptors (Lipinski definition) is 3. The highest BCUT2D eigenvalue weighted by Crippen LogP contribution is 2.21. The molecule has 0 radical (unpaired) electrons. The fourth-order valence-corrected chi connectivity index (χ4v) is 4.01. The third kappa shape index (κ3) is 6.08. The van der Waals surface area contributed by atoms with Crippen molar-refractivity contribution in [1.29, 1.82) is 0 Å². The van der Waals surface area contributed by atoms with Gasteiger partial charge in [0.15, 0.2) is 0 Å². The monoisotopic (exact) mass is 445 g/mol. The Morgan fingerprint density at radius 2 is 1.60 bits per heavy atom. The first-order valence-corrected chi connectivity index (χ1v) is 10.6. The molecule has 1 heterocycles. The lowest BCUT2D eigenvalue weighted by Gasteiger charge is -2.33. The van der Waals surface area contributed by atoms with Crippen molar-refractivity contribution in [2.24, 2.45) is 0 Å². The number of amides is 2. The molecule has 0 aromatic heterocycles. The molecule has 1 aliphatic heterocycles. The predicted molar refractivity (Wildman–Crippen MR) is 123 cm³/mol. The van der Waals surface area contributed by atoms with Gasteiger partial charge in [0, 0.05) is 48.0 Å². The number of carbonyl (C=O) groups is 2. The molecule has 5 nitrogen and oxygen atoms in total. The number of nitrogens with one attached hydrogen (secondary N) is 1. The van der Waals surface area contributed by atoms with Gasteiger partial charge in [-0.25, -0.2) is 0 Å². The first-order valence-electron chi connectivity index (χ1n) is 9.83. The molecule has 3 rings (SSSR count). The van der Waals surface area contributed by atoms with Crippen LogP contribution in [0.3, 0.4) is 0 Å². The zero-order valence-corrected chi connectivity index (χ0v) is 18.6. The highest BCUT2D eigenvalue weighted by atomic mass is 35.5. The van der Waals surface area contributed by atoms with Crippen LogP contribution >= 0.6 is 23.2 Å². The average Bonchev–Trinajstić information content (AvgIpc) is 2.69. The molecule has 2 aromatic carbocycles. The fraction of sp³-hybridized carbons (Fsp3) is 0.304. The van der Waals surface area contributed by atoms with Crippen LogP contribution in [0, 0.1) is 13.8 Å². The van der Waals surface area contributed by atoms with Crippen molar-refractivity contribution >= 4 is 46.8 Å². The van der Waals surface area contributed by atoms with Crippen molar-refractivity contribution in [3.8, 4) is 0 Å². The molecule has 0 saturated carbocycles. The van der Waals surface area contributed by atoms with Gasteiger partial charge in [0.25, 0.3) is 0 Å². The molecule has 1 saturated heterocycles. The normalized spacial score (nSPS) is 14.9. The summed E-state index contributed by atoms with van der Waals surface area (Å²) in [6.45, 7) is 6.75. The van der Waals surface area contributed by atoms with Crippen molar-refractivity contribution in [2.75, 3.05) is 38.0 Å². The van der Waals surface area contributed by atoms with Gasteiger partial charge < -0.3 is 10.2 Å². The third-order valence-corrected chi connectivity index (χ3v) is 5.54. The van der Waals surface area contributed by atoms with Crippen LogP contribution in [-0.4, -0.2) is 54.3 Å². The Morgan fingerprint density at radius 1 is 1.00 bits per heavy atom. The Bertz CT molecular complexity index is 926. The Kier molecular flexibility index (Phi) is 7.53. The number of hydrogen-bond donors (Lipinski definition) is 1. The maximum Gasteiger partial charge on any atom is 0.246 e. The highest BCUT2D eigenvalue weighted by Gasteiger charge is 2.21. The van der Waals surface area contributed by atoms with Gasteiger partial charge in [-0.2, -0.15) is 0 Å². The van der Waals surface area contributed by atoms with Crippen LogP contribution in [0.25, 0.3) is 6.08 Å². The summed E-state index contributed by atoms with van der Waals surface area (Å²) in [6.07, 6.45) is 3.25. The molecule has 0 atom stereocenters. The van der Waals surface area contributed by atoms with Gasteiger partial charge >= 0.3 is 0 Å². The molecule has 0 spiro atoms. The summed E-state index contributed by atoms with van der Waals surface area (Å²) < 4.78 is 0. The summed E-state index contributed by atoms with van der Waals surface area (Å²) in [7, 11) is 0. The lowest BCUT2D eigenvalue weighted by molar-refractivity contribution is -0.127. The number of carbonyl (C=O) groups excluding carboxylic acids is 2. The van der Waals surface area contributed by atoms with E-state index < -0.39 is 0 Å². The Hall–Kier alpha value is -2.34. The van der Waals surface area contributed by atoms with E-state index in [1.807, 2.05) is 32.0 Å². The van der Waals surface area contributed by atoms with E-state index in [4.69, 9.17) is 23.2 Å². The third-order valence-electron chi connectivity index (χ3n) is 5.10. The minimum Gasteiger partial charge on any atom is -0.337 e. The second kappa shape index (κ2) is 10.1. The number of benzene rings is 2. The van der Waals surface area contributed by atoms with E-state index in [1.54, 1.807) is 29.2 Å². The summed E-state index contributed by atoms with van der Waals surface area (Å²) in [5.41, 5.74) is 3.75. The largest absolute Gasteiger partial charge is 0.337 e. The molecular weight excluding hydrogens is 421 g/mol. The van der Waals surface area contributed by atoms with Crippen LogP contribution in [-0.2, 0) is 9.59 Å². The standard InChI is InChI=1S/C23H25Cl2N3O2/c1-16-4-3-5-17(2)23(16)26-21(29)15-27-8-10-28(11-9-27)22(30)7-6-18-12-19(24)14-20(25)13-18/h3-7,12-14H,8-11,15H2,1-2H3,(H,26,29). The molecule has 0 unspecified atom stereocenters. The molecule has 0 bridgehead atoms. The van der Waals surface area contributed by atoms with E-state index in [1.165, 1.54) is 6.08 Å². The number of piperazine rings is 1. The fourth-order valence-electron chi connectivity index (χ4n) is 3.46. The van der Waals surface area contributed by atoms with Crippen LogP contribution in [0.15, 0.2) is 42.5 Å². The molecule has 1 aliphatic rings. The Labute approximate surface area is 187 Å². The number of anilines is 1. The van der Waals surface area contributed by atoms with Gasteiger partial charge in [0.1, 0.15) is 0 Å². The van der Waals surface area contributed by atoms with Gasteiger partial charge in [0.05, 0.1) is 6.54 Å². The van der Waals surface area contributed by atoms with Crippen molar-refractivity contribution in [3.63, 3.8) is 0 Å². The average molecular weight is 446 g/mol. The van der Waals surface area contributed by atoms with Gasteiger partial charge in [-0.1, -0.05) is 41.4 Å². The Balaban J connectivity index is 1.49. The second-order valence-corrected chi connectivity index (χ2v) is 8.33. The summed E-state index contributed by atoms with van der Waals surface area (Å²) in [4.78, 5) is 28.8. The minimum atomic E-state index is -0.0641. The Morgan fingerprint density at radius 3 is 2.20 bits per heavy atom. The van der Waals surface area contributed by atoms with Gasteiger partial charge in [-0.15, -0.1) is 0 Å². The number of nitrogens with zero attached hydrogens (tertiary/aromatic N) is 2. The maximum absolute atomic E-state index is 12.5. The summed E-state index contributed by atoms with van der Waals surface area (Å²) >= 11 is 12.0. The molecule has 0 aliphatic carbocycles. The van der Waals surface area contributed by atoms with Crippen molar-refractivity contribution in [2.45, 2.75) is 13.8 Å². The number of aryl methyl sites for hydroxylation is 2. The number of halogens is 2. The van der Waals surface area contributed by atoms with E-state index in [2.05, 4.69) is 10.2 Å². The molecule has 2 amide bonds. The van der Waals surface area contributed by atoms with Crippen molar-refractivity contribution in [1.82, 2.24) is 9.80 Å². The lowest BCUT2D eigenvalue weighted by atomic mass is 10.1. The molecule has 30 heavy (non-hydrogen) atoms. The summed E-state index contributed by atoms with van der Waals surface area (Å²) in [6, 6.07) is 11.1. The van der Waals surface area contributed by atoms with Crippen LogP contribution in [0.1, 0.15) is 16.7 Å². The SMILES string of the molecule is Cc1cccc(C)c1NC(=O)CN1CCN(C(=O)C=Cc2cc(Cl)cc(Cl)c2)CC1. The van der Waals surface area contributed by atoms with Crippen LogP contribution in [0.2, 0.25) is 10.0 Å². The van der Waals surface area contributed by atoms with Crippen molar-refractivity contribution in [3.05, 3.63) is 69.2 Å². The molecule has 7 heteroatoms. The maximum atomic E-state index is 12.5. The van der Waals surface area contributed by atoms with Crippen molar-refractivity contribution < 1.29 is 9.59 Å². The quantitative estimate of drug-likeness (QED) is 0.693. The van der Waals surface area contributed by atoms with E-state index in [9.17, 15) is 9.59 Å². The van der Waals surface area contributed by atoms with E-state index in [-0.39, 0.29) is 11.8 Å². The smallest absolute Gasteiger partial charge is 0.246 e. The van der Waals surface area contributed by atoms with Gasteiger partial charge in [-0.3, -0.25) is 14.5 Å². The number of rotatable bonds is 5. The topological polar surface area (TPSA) is 52.7 Å². The van der Waals surface area contributed by atoms with Crippen LogP contribution in [0.4, 0.5) is 5.69 Å². The van der Waals surface area contributed by atoms with E-state index in [0.29, 0.717) is 42.8 Å². The highest BCUT2D eigenvalue weighted by molar-refractivity contribution is 6.34. The summed E-state index contributed by atoms with van der Waals surface area (Å²) in [5, 5.41) is 4.07. The van der Waals surface area contributed by atoms with E-state index in [0.717, 1.165) is 22.4 Å². The summed E-state index contributed by atoms with van der Waals surface area (Å²) in [5.74, 6) is -0.101. The minimum absolute atomic E-state index is 0.0371. The van der Waals surface area contributed by atoms with Gasteiger partial charge in [-0.05, 0) is 54.8 Å². The first kappa shape index (κ1) is 22.3. The molecule has 2 aromatic rings. The van der Waals surface area contributed by atoms with Crippen LogP contribution in [0.5, 0.6) is 0 Å². The predicted octanol–water partition coefficient (Wildman–Crippen LogP) is 4.41. The molecule has 1 fully saturated rings.